The number of hydrogen-bond donors (Lipinski definition) is 2. The highest BCUT2D eigenvalue weighted by atomic mass is 32.2. The Hall–Kier alpha value is -2.62. The van der Waals surface area contributed by atoms with Gasteiger partial charge in [-0.2, -0.15) is 0 Å². The summed E-state index contributed by atoms with van der Waals surface area (Å²) in [6.45, 7) is 0.699. The Morgan fingerprint density at radius 3 is 2.11 bits per heavy atom. The van der Waals surface area contributed by atoms with E-state index < -0.39 is 10.0 Å². The predicted molar refractivity (Wildman–Crippen MR) is 104 cm³/mol. The first-order chi connectivity index (χ1) is 13.4. The van der Waals surface area contributed by atoms with Crippen LogP contribution in [0.3, 0.4) is 0 Å². The lowest BCUT2D eigenvalue weighted by molar-refractivity contribution is 0.0944. The molecule has 0 spiro atoms. The number of nitrogens with one attached hydrogen (secondary N) is 2. The zero-order chi connectivity index (χ0) is 20.6. The summed E-state index contributed by atoms with van der Waals surface area (Å²) < 4.78 is 42.0. The fraction of sp³-hybridized carbons (Fsp3) is 0.316. The van der Waals surface area contributed by atoms with E-state index in [2.05, 4.69) is 10.0 Å². The molecule has 9 heteroatoms. The molecule has 0 saturated heterocycles. The summed E-state index contributed by atoms with van der Waals surface area (Å²) in [7, 11) is 0.861. The molecule has 28 heavy (non-hydrogen) atoms. The predicted octanol–water partition coefficient (Wildman–Crippen LogP) is 1.56. The second kappa shape index (κ2) is 10.1. The lowest BCUT2D eigenvalue weighted by Crippen LogP contribution is -2.27. The van der Waals surface area contributed by atoms with Crippen molar-refractivity contribution in [2.75, 3.05) is 34.5 Å². The molecule has 0 aliphatic rings. The van der Waals surface area contributed by atoms with E-state index in [4.69, 9.17) is 14.2 Å². The molecule has 152 valence electrons. The smallest absolute Gasteiger partial charge is 0.259 e. The molecule has 0 atom stereocenters. The van der Waals surface area contributed by atoms with Gasteiger partial charge in [0.1, 0.15) is 17.1 Å². The monoisotopic (exact) mass is 408 g/mol. The largest absolute Gasteiger partial charge is 0.496 e. The van der Waals surface area contributed by atoms with Gasteiger partial charge < -0.3 is 19.5 Å². The van der Waals surface area contributed by atoms with Gasteiger partial charge in [0, 0.05) is 20.2 Å². The molecule has 0 aliphatic heterocycles. The van der Waals surface area contributed by atoms with E-state index in [9.17, 15) is 13.2 Å². The summed E-state index contributed by atoms with van der Waals surface area (Å²) >= 11 is 0. The molecule has 0 bridgehead atoms. The molecule has 0 radical (unpaired) electrons. The molecule has 2 aromatic rings. The van der Waals surface area contributed by atoms with E-state index in [0.717, 1.165) is 5.56 Å². The van der Waals surface area contributed by atoms with Crippen LogP contribution in [-0.4, -0.2) is 48.8 Å². The summed E-state index contributed by atoms with van der Waals surface area (Å²) in [6.07, 6.45) is 0. The summed E-state index contributed by atoms with van der Waals surface area (Å²) in [5.74, 6) is 0.452. The van der Waals surface area contributed by atoms with Crippen LogP contribution in [0.5, 0.6) is 11.5 Å². The summed E-state index contributed by atoms with van der Waals surface area (Å²) in [5.41, 5.74) is 1.05. The molecule has 2 aromatic carbocycles. The molecule has 0 saturated carbocycles. The molecule has 2 N–H and O–H groups in total. The number of carbonyl (C=O) groups excluding carboxylic acids is 1. The Morgan fingerprint density at radius 1 is 0.964 bits per heavy atom. The highest BCUT2D eigenvalue weighted by molar-refractivity contribution is 7.89. The van der Waals surface area contributed by atoms with E-state index in [1.807, 2.05) is 0 Å². The zero-order valence-corrected chi connectivity index (χ0v) is 16.8. The number of sulfonamides is 1. The van der Waals surface area contributed by atoms with E-state index in [-0.39, 0.29) is 30.5 Å². The number of benzene rings is 2. The Bertz CT molecular complexity index is 875. The van der Waals surface area contributed by atoms with Gasteiger partial charge in [-0.15, -0.1) is 0 Å². The van der Waals surface area contributed by atoms with Crippen molar-refractivity contribution in [1.82, 2.24) is 10.0 Å². The van der Waals surface area contributed by atoms with Crippen molar-refractivity contribution in [3.8, 4) is 11.5 Å². The van der Waals surface area contributed by atoms with E-state index >= 15 is 0 Å². The van der Waals surface area contributed by atoms with Crippen LogP contribution >= 0.6 is 0 Å². The van der Waals surface area contributed by atoms with Crippen molar-refractivity contribution >= 4 is 15.9 Å². The molecule has 0 fully saturated rings. The Kier molecular flexibility index (Phi) is 7.80. The lowest BCUT2D eigenvalue weighted by atomic mass is 10.1. The Morgan fingerprint density at radius 2 is 1.57 bits per heavy atom. The van der Waals surface area contributed by atoms with Crippen molar-refractivity contribution in [3.63, 3.8) is 0 Å². The van der Waals surface area contributed by atoms with Crippen molar-refractivity contribution < 1.29 is 27.4 Å². The molecule has 0 unspecified atom stereocenters. The van der Waals surface area contributed by atoms with Crippen molar-refractivity contribution in [3.05, 3.63) is 53.6 Å². The minimum atomic E-state index is -3.59. The first-order valence-corrected chi connectivity index (χ1v) is 9.98. The molecule has 8 nitrogen and oxygen atoms in total. The summed E-state index contributed by atoms with van der Waals surface area (Å²) in [4.78, 5) is 12.7. The lowest BCUT2D eigenvalue weighted by Gasteiger charge is -2.13. The molecular formula is C19H24N2O6S. The van der Waals surface area contributed by atoms with Crippen LogP contribution in [0.4, 0.5) is 0 Å². The van der Waals surface area contributed by atoms with Crippen LogP contribution in [0.1, 0.15) is 15.9 Å². The fourth-order valence-corrected chi connectivity index (χ4v) is 3.51. The maximum absolute atomic E-state index is 12.6. The maximum atomic E-state index is 12.6. The third-order valence-corrected chi connectivity index (χ3v) is 5.42. The standard InChI is InChI=1S/C19H24N2O6S/c1-25-12-11-21-28(23,24)15-9-7-14(8-10-15)13-20-19(22)18-16(26-2)5-4-6-17(18)27-3/h4-10,21H,11-13H2,1-3H3,(H,20,22). The van der Waals surface area contributed by atoms with Gasteiger partial charge in [-0.1, -0.05) is 18.2 Å². The number of rotatable bonds is 10. The number of methoxy groups -OCH3 is 3. The quantitative estimate of drug-likeness (QED) is 0.579. The number of ether oxygens (including phenoxy) is 3. The van der Waals surface area contributed by atoms with Crippen LogP contribution in [0.2, 0.25) is 0 Å². The van der Waals surface area contributed by atoms with Gasteiger partial charge in [0.05, 0.1) is 25.7 Å². The number of hydrogen-bond acceptors (Lipinski definition) is 6. The number of carbonyl (C=O) groups is 1. The molecule has 0 aromatic heterocycles. The van der Waals surface area contributed by atoms with E-state index in [1.54, 1.807) is 30.3 Å². The van der Waals surface area contributed by atoms with Crippen molar-refractivity contribution in [2.24, 2.45) is 0 Å². The third-order valence-electron chi connectivity index (χ3n) is 3.94. The first-order valence-electron chi connectivity index (χ1n) is 8.49. The van der Waals surface area contributed by atoms with Gasteiger partial charge in [-0.3, -0.25) is 4.79 Å². The fourth-order valence-electron chi connectivity index (χ4n) is 2.49. The van der Waals surface area contributed by atoms with E-state index in [0.29, 0.717) is 17.1 Å². The highest BCUT2D eigenvalue weighted by Crippen LogP contribution is 2.28. The normalized spacial score (nSPS) is 11.1. The van der Waals surface area contributed by atoms with Gasteiger partial charge in [0.25, 0.3) is 5.91 Å². The molecular weight excluding hydrogens is 384 g/mol. The van der Waals surface area contributed by atoms with Crippen LogP contribution in [0, 0.1) is 0 Å². The Labute approximate surface area is 164 Å². The number of amides is 1. The average molecular weight is 408 g/mol. The molecule has 1 amide bonds. The minimum Gasteiger partial charge on any atom is -0.496 e. The van der Waals surface area contributed by atoms with Gasteiger partial charge in [-0.05, 0) is 29.8 Å². The van der Waals surface area contributed by atoms with Gasteiger partial charge >= 0.3 is 0 Å². The summed E-state index contributed by atoms with van der Waals surface area (Å²) in [5, 5.41) is 2.78. The van der Waals surface area contributed by atoms with Crippen LogP contribution in [0.25, 0.3) is 0 Å². The molecule has 2 rings (SSSR count). The van der Waals surface area contributed by atoms with E-state index in [1.165, 1.54) is 33.5 Å². The third kappa shape index (κ3) is 5.44. The molecule has 0 aliphatic carbocycles. The second-order valence-corrected chi connectivity index (χ2v) is 7.52. The van der Waals surface area contributed by atoms with Gasteiger partial charge in [-0.25, -0.2) is 13.1 Å². The minimum absolute atomic E-state index is 0.144. The van der Waals surface area contributed by atoms with Crippen LogP contribution in [-0.2, 0) is 21.3 Å². The first kappa shape index (κ1) is 21.7. The second-order valence-electron chi connectivity index (χ2n) is 5.75. The average Bonchev–Trinajstić information content (AvgIpc) is 2.71. The van der Waals surface area contributed by atoms with Crippen molar-refractivity contribution in [2.45, 2.75) is 11.4 Å². The van der Waals surface area contributed by atoms with Crippen LogP contribution < -0.4 is 19.5 Å². The van der Waals surface area contributed by atoms with Crippen molar-refractivity contribution in [1.29, 1.82) is 0 Å². The SMILES string of the molecule is COCCNS(=O)(=O)c1ccc(CNC(=O)c2c(OC)cccc2OC)cc1. The highest BCUT2D eigenvalue weighted by Gasteiger charge is 2.18. The van der Waals surface area contributed by atoms with Gasteiger partial charge in [0.15, 0.2) is 0 Å². The van der Waals surface area contributed by atoms with Gasteiger partial charge in [0.2, 0.25) is 10.0 Å². The zero-order valence-electron chi connectivity index (χ0n) is 16.0. The molecule has 0 heterocycles. The maximum Gasteiger partial charge on any atom is 0.259 e. The Balaban J connectivity index is 2.05. The van der Waals surface area contributed by atoms with Crippen LogP contribution in [0.15, 0.2) is 47.4 Å². The topological polar surface area (TPSA) is 103 Å². The summed E-state index contributed by atoms with van der Waals surface area (Å²) in [6, 6.07) is 11.3.